The SMILES string of the molecule is COc1ccc2c(C)c(-c3cccnc3)[nH]c2c1. The number of aromatic nitrogens is 2. The van der Waals surface area contributed by atoms with Gasteiger partial charge in [0.1, 0.15) is 5.75 Å². The fourth-order valence-electron chi connectivity index (χ4n) is 2.24. The van der Waals surface area contributed by atoms with Gasteiger partial charge in [0.25, 0.3) is 0 Å². The Kier molecular flexibility index (Phi) is 2.52. The molecule has 0 unspecified atom stereocenters. The molecule has 0 saturated heterocycles. The highest BCUT2D eigenvalue weighted by atomic mass is 16.5. The van der Waals surface area contributed by atoms with E-state index >= 15 is 0 Å². The lowest BCUT2D eigenvalue weighted by molar-refractivity contribution is 0.415. The molecular weight excluding hydrogens is 224 g/mol. The smallest absolute Gasteiger partial charge is 0.120 e. The number of nitrogens with zero attached hydrogens (tertiary/aromatic N) is 1. The second-order valence-corrected chi connectivity index (χ2v) is 4.28. The van der Waals surface area contributed by atoms with E-state index in [2.05, 4.69) is 29.0 Å². The molecule has 3 heteroatoms. The Labute approximate surface area is 105 Å². The Morgan fingerprint density at radius 3 is 2.83 bits per heavy atom. The van der Waals surface area contributed by atoms with Gasteiger partial charge in [-0.2, -0.15) is 0 Å². The summed E-state index contributed by atoms with van der Waals surface area (Å²) in [6.45, 7) is 2.12. The van der Waals surface area contributed by atoms with Crippen molar-refractivity contribution in [1.82, 2.24) is 9.97 Å². The summed E-state index contributed by atoms with van der Waals surface area (Å²) >= 11 is 0. The number of hydrogen-bond acceptors (Lipinski definition) is 2. The lowest BCUT2D eigenvalue weighted by Crippen LogP contribution is -1.81. The van der Waals surface area contributed by atoms with E-state index in [1.165, 1.54) is 10.9 Å². The van der Waals surface area contributed by atoms with Gasteiger partial charge in [-0.15, -0.1) is 0 Å². The predicted octanol–water partition coefficient (Wildman–Crippen LogP) is 3.55. The molecule has 2 aromatic heterocycles. The van der Waals surface area contributed by atoms with E-state index < -0.39 is 0 Å². The lowest BCUT2D eigenvalue weighted by Gasteiger charge is -1.98. The third-order valence-electron chi connectivity index (χ3n) is 3.22. The highest BCUT2D eigenvalue weighted by Gasteiger charge is 2.09. The predicted molar refractivity (Wildman–Crippen MR) is 72.8 cm³/mol. The molecule has 0 fully saturated rings. The van der Waals surface area contributed by atoms with Gasteiger partial charge >= 0.3 is 0 Å². The molecule has 3 aromatic rings. The molecule has 3 nitrogen and oxygen atoms in total. The van der Waals surface area contributed by atoms with E-state index in [4.69, 9.17) is 4.74 Å². The van der Waals surface area contributed by atoms with E-state index in [0.717, 1.165) is 22.5 Å². The number of methoxy groups -OCH3 is 1. The van der Waals surface area contributed by atoms with Crippen LogP contribution in [0.2, 0.25) is 0 Å². The Morgan fingerprint density at radius 2 is 2.11 bits per heavy atom. The normalized spacial score (nSPS) is 10.8. The number of aromatic amines is 1. The Bertz CT molecular complexity index is 686. The van der Waals surface area contributed by atoms with Crippen molar-refractivity contribution in [3.63, 3.8) is 0 Å². The molecule has 1 N–H and O–H groups in total. The van der Waals surface area contributed by atoms with Crippen molar-refractivity contribution in [3.05, 3.63) is 48.3 Å². The van der Waals surface area contributed by atoms with Crippen molar-refractivity contribution in [2.45, 2.75) is 6.92 Å². The van der Waals surface area contributed by atoms with Crippen LogP contribution in [0.25, 0.3) is 22.2 Å². The van der Waals surface area contributed by atoms with Crippen molar-refractivity contribution >= 4 is 10.9 Å². The number of pyridine rings is 1. The first-order chi connectivity index (χ1) is 8.79. The van der Waals surface area contributed by atoms with Crippen LogP contribution in [0.1, 0.15) is 5.56 Å². The van der Waals surface area contributed by atoms with Crippen molar-refractivity contribution in [3.8, 4) is 17.0 Å². The monoisotopic (exact) mass is 238 g/mol. The number of ether oxygens (including phenoxy) is 1. The Morgan fingerprint density at radius 1 is 1.22 bits per heavy atom. The van der Waals surface area contributed by atoms with Gasteiger partial charge in [-0.25, -0.2) is 0 Å². The first kappa shape index (κ1) is 10.8. The Balaban J connectivity index is 2.23. The van der Waals surface area contributed by atoms with Gasteiger partial charge in [-0.1, -0.05) is 0 Å². The highest BCUT2D eigenvalue weighted by molar-refractivity contribution is 5.91. The minimum Gasteiger partial charge on any atom is -0.497 e. The van der Waals surface area contributed by atoms with Gasteiger partial charge < -0.3 is 9.72 Å². The van der Waals surface area contributed by atoms with Crippen LogP contribution >= 0.6 is 0 Å². The number of rotatable bonds is 2. The standard InChI is InChI=1S/C15H14N2O/c1-10-13-6-5-12(18-2)8-14(13)17-15(10)11-4-3-7-16-9-11/h3-9,17H,1-2H3. The molecule has 0 spiro atoms. The molecule has 0 atom stereocenters. The van der Waals surface area contributed by atoms with Gasteiger partial charge in [0.15, 0.2) is 0 Å². The Hall–Kier alpha value is -2.29. The second kappa shape index (κ2) is 4.18. The zero-order valence-electron chi connectivity index (χ0n) is 10.4. The number of fused-ring (bicyclic) bond motifs is 1. The number of nitrogens with one attached hydrogen (secondary N) is 1. The van der Waals surface area contributed by atoms with Crippen LogP contribution in [0.5, 0.6) is 5.75 Å². The van der Waals surface area contributed by atoms with Crippen molar-refractivity contribution in [2.75, 3.05) is 7.11 Å². The molecule has 3 rings (SSSR count). The maximum Gasteiger partial charge on any atom is 0.120 e. The zero-order chi connectivity index (χ0) is 12.5. The first-order valence-corrected chi connectivity index (χ1v) is 5.86. The van der Waals surface area contributed by atoms with E-state index in [1.807, 2.05) is 24.4 Å². The summed E-state index contributed by atoms with van der Waals surface area (Å²) in [4.78, 5) is 7.60. The number of hydrogen-bond donors (Lipinski definition) is 1. The fourth-order valence-corrected chi connectivity index (χ4v) is 2.24. The van der Waals surface area contributed by atoms with Gasteiger partial charge in [0, 0.05) is 34.9 Å². The summed E-state index contributed by atoms with van der Waals surface area (Å²) in [5, 5.41) is 1.22. The average molecular weight is 238 g/mol. The summed E-state index contributed by atoms with van der Waals surface area (Å²) in [6, 6.07) is 10.1. The number of H-pyrrole nitrogens is 1. The van der Waals surface area contributed by atoms with Gasteiger partial charge in [-0.05, 0) is 36.8 Å². The molecule has 0 aliphatic heterocycles. The summed E-state index contributed by atoms with van der Waals surface area (Å²) in [7, 11) is 1.68. The second-order valence-electron chi connectivity index (χ2n) is 4.28. The first-order valence-electron chi connectivity index (χ1n) is 5.86. The van der Waals surface area contributed by atoms with E-state index in [9.17, 15) is 0 Å². The molecule has 0 radical (unpaired) electrons. The van der Waals surface area contributed by atoms with Crippen molar-refractivity contribution in [2.24, 2.45) is 0 Å². The van der Waals surface area contributed by atoms with Gasteiger partial charge in [0.05, 0.1) is 12.8 Å². The minimum absolute atomic E-state index is 0.862. The summed E-state index contributed by atoms with van der Waals surface area (Å²) < 4.78 is 5.24. The van der Waals surface area contributed by atoms with E-state index in [1.54, 1.807) is 13.3 Å². The van der Waals surface area contributed by atoms with Crippen LogP contribution in [0.4, 0.5) is 0 Å². The van der Waals surface area contributed by atoms with Crippen LogP contribution in [0.15, 0.2) is 42.7 Å². The van der Waals surface area contributed by atoms with Crippen LogP contribution in [-0.2, 0) is 0 Å². The molecule has 0 aliphatic carbocycles. The average Bonchev–Trinajstić information content (AvgIpc) is 2.76. The van der Waals surface area contributed by atoms with E-state index in [0.29, 0.717) is 0 Å². The molecule has 18 heavy (non-hydrogen) atoms. The lowest BCUT2D eigenvalue weighted by atomic mass is 10.1. The number of benzene rings is 1. The molecule has 0 saturated carbocycles. The summed E-state index contributed by atoms with van der Waals surface area (Å²) in [5.41, 5.74) is 4.54. The van der Waals surface area contributed by atoms with Crippen LogP contribution in [0, 0.1) is 6.92 Å². The highest BCUT2D eigenvalue weighted by Crippen LogP contribution is 2.30. The molecular formula is C15H14N2O. The zero-order valence-corrected chi connectivity index (χ0v) is 10.4. The fraction of sp³-hybridized carbons (Fsp3) is 0.133. The van der Waals surface area contributed by atoms with Crippen LogP contribution in [0.3, 0.4) is 0 Å². The maximum atomic E-state index is 5.24. The third-order valence-corrected chi connectivity index (χ3v) is 3.22. The maximum absolute atomic E-state index is 5.24. The van der Waals surface area contributed by atoms with Crippen molar-refractivity contribution < 1.29 is 4.74 Å². The molecule has 1 aromatic carbocycles. The van der Waals surface area contributed by atoms with Crippen LogP contribution < -0.4 is 4.74 Å². The molecule has 2 heterocycles. The topological polar surface area (TPSA) is 37.9 Å². The van der Waals surface area contributed by atoms with Crippen LogP contribution in [-0.4, -0.2) is 17.1 Å². The van der Waals surface area contributed by atoms with Gasteiger partial charge in [0.2, 0.25) is 0 Å². The molecule has 0 amide bonds. The minimum atomic E-state index is 0.862. The summed E-state index contributed by atoms with van der Waals surface area (Å²) in [5.74, 6) is 0.862. The molecule has 0 bridgehead atoms. The number of aryl methyl sites for hydroxylation is 1. The van der Waals surface area contributed by atoms with E-state index in [-0.39, 0.29) is 0 Å². The largest absolute Gasteiger partial charge is 0.497 e. The third kappa shape index (κ3) is 1.64. The van der Waals surface area contributed by atoms with Crippen molar-refractivity contribution in [1.29, 1.82) is 0 Å². The molecule has 0 aliphatic rings. The summed E-state index contributed by atoms with van der Waals surface area (Å²) in [6.07, 6.45) is 3.65. The van der Waals surface area contributed by atoms with Gasteiger partial charge in [-0.3, -0.25) is 4.98 Å². The molecule has 90 valence electrons. The quantitative estimate of drug-likeness (QED) is 0.741.